The van der Waals surface area contributed by atoms with Crippen LogP contribution in [0.2, 0.25) is 0 Å². The number of rotatable bonds is 9. The van der Waals surface area contributed by atoms with Gasteiger partial charge in [-0.15, -0.1) is 0 Å². The van der Waals surface area contributed by atoms with Gasteiger partial charge < -0.3 is 9.64 Å². The van der Waals surface area contributed by atoms with Crippen molar-refractivity contribution in [2.45, 2.75) is 45.4 Å². The highest BCUT2D eigenvalue weighted by atomic mass is 16.5. The molecule has 0 radical (unpaired) electrons. The van der Waals surface area contributed by atoms with Gasteiger partial charge in [0.25, 0.3) is 0 Å². The SMILES string of the molecule is CCCCCCCCN(C)c1ccc(C(=O)OC)cc1. The van der Waals surface area contributed by atoms with E-state index in [-0.39, 0.29) is 5.97 Å². The molecule has 3 heteroatoms. The summed E-state index contributed by atoms with van der Waals surface area (Å²) in [4.78, 5) is 13.6. The number of anilines is 1. The largest absolute Gasteiger partial charge is 0.465 e. The van der Waals surface area contributed by atoms with Crippen molar-refractivity contribution in [1.29, 1.82) is 0 Å². The zero-order valence-electron chi connectivity index (χ0n) is 13.0. The van der Waals surface area contributed by atoms with Crippen LogP contribution in [0.4, 0.5) is 5.69 Å². The lowest BCUT2D eigenvalue weighted by Crippen LogP contribution is -2.18. The molecule has 0 bridgehead atoms. The van der Waals surface area contributed by atoms with Crippen LogP contribution < -0.4 is 4.90 Å². The summed E-state index contributed by atoms with van der Waals surface area (Å²) < 4.78 is 4.70. The summed E-state index contributed by atoms with van der Waals surface area (Å²) in [6.07, 6.45) is 7.86. The first-order chi connectivity index (χ1) is 9.69. The maximum absolute atomic E-state index is 11.4. The van der Waals surface area contributed by atoms with Gasteiger partial charge in [-0.25, -0.2) is 4.79 Å². The molecule has 3 nitrogen and oxygen atoms in total. The van der Waals surface area contributed by atoms with Gasteiger partial charge in [0.1, 0.15) is 0 Å². The van der Waals surface area contributed by atoms with E-state index in [0.717, 1.165) is 12.2 Å². The van der Waals surface area contributed by atoms with Gasteiger partial charge in [-0.05, 0) is 30.7 Å². The molecule has 0 heterocycles. The molecule has 0 unspecified atom stereocenters. The van der Waals surface area contributed by atoms with Crippen molar-refractivity contribution < 1.29 is 9.53 Å². The molecular weight excluding hydrogens is 250 g/mol. The lowest BCUT2D eigenvalue weighted by Gasteiger charge is -2.19. The number of nitrogens with zero attached hydrogens (tertiary/aromatic N) is 1. The van der Waals surface area contributed by atoms with Gasteiger partial charge in [0, 0.05) is 19.3 Å². The molecule has 112 valence electrons. The van der Waals surface area contributed by atoms with E-state index in [0.29, 0.717) is 5.56 Å². The van der Waals surface area contributed by atoms with Crippen LogP contribution in [0.25, 0.3) is 0 Å². The second kappa shape index (κ2) is 9.40. The van der Waals surface area contributed by atoms with Gasteiger partial charge in [-0.3, -0.25) is 0 Å². The number of unbranched alkanes of at least 4 members (excludes halogenated alkanes) is 5. The Labute approximate surface area is 122 Å². The Bertz CT molecular complexity index is 386. The molecule has 0 aliphatic heterocycles. The average molecular weight is 277 g/mol. The minimum absolute atomic E-state index is 0.282. The molecular formula is C17H27NO2. The highest BCUT2D eigenvalue weighted by Gasteiger charge is 2.06. The Morgan fingerprint density at radius 3 is 2.25 bits per heavy atom. The third-order valence-electron chi connectivity index (χ3n) is 3.58. The van der Waals surface area contributed by atoms with E-state index in [1.54, 1.807) is 0 Å². The number of carbonyl (C=O) groups excluding carboxylic acids is 1. The zero-order chi connectivity index (χ0) is 14.8. The number of benzene rings is 1. The molecule has 1 aromatic rings. The molecule has 1 rings (SSSR count). The van der Waals surface area contributed by atoms with Gasteiger partial charge in [-0.2, -0.15) is 0 Å². The molecule has 0 N–H and O–H groups in total. The summed E-state index contributed by atoms with van der Waals surface area (Å²) in [5.74, 6) is -0.282. The quantitative estimate of drug-likeness (QED) is 0.498. The number of carbonyl (C=O) groups is 1. The van der Waals surface area contributed by atoms with Gasteiger partial charge >= 0.3 is 5.97 Å². The number of ether oxygens (including phenoxy) is 1. The number of hydrogen-bond acceptors (Lipinski definition) is 3. The average Bonchev–Trinajstić information content (AvgIpc) is 2.50. The Balaban J connectivity index is 2.32. The molecule has 1 aromatic carbocycles. The highest BCUT2D eigenvalue weighted by molar-refractivity contribution is 5.89. The standard InChI is InChI=1S/C17H27NO2/c1-4-5-6-7-8-9-14-18(2)16-12-10-15(11-13-16)17(19)20-3/h10-13H,4-9,14H2,1-3H3. The van der Waals surface area contributed by atoms with Crippen LogP contribution in [-0.4, -0.2) is 26.7 Å². The summed E-state index contributed by atoms with van der Waals surface area (Å²) in [5, 5.41) is 0. The van der Waals surface area contributed by atoms with E-state index < -0.39 is 0 Å². The normalized spacial score (nSPS) is 10.3. The lowest BCUT2D eigenvalue weighted by molar-refractivity contribution is 0.0601. The zero-order valence-corrected chi connectivity index (χ0v) is 13.0. The Morgan fingerprint density at radius 2 is 1.65 bits per heavy atom. The van der Waals surface area contributed by atoms with Crippen molar-refractivity contribution in [3.63, 3.8) is 0 Å². The first-order valence-corrected chi connectivity index (χ1v) is 7.58. The van der Waals surface area contributed by atoms with E-state index in [1.165, 1.54) is 45.6 Å². The van der Waals surface area contributed by atoms with Crippen molar-refractivity contribution in [1.82, 2.24) is 0 Å². The third kappa shape index (κ3) is 5.64. The van der Waals surface area contributed by atoms with E-state index in [2.05, 4.69) is 18.9 Å². The molecule has 0 fully saturated rings. The van der Waals surface area contributed by atoms with Crippen LogP contribution in [0.5, 0.6) is 0 Å². The first kappa shape index (κ1) is 16.5. The summed E-state index contributed by atoms with van der Waals surface area (Å²) in [6, 6.07) is 7.59. The van der Waals surface area contributed by atoms with Crippen LogP contribution in [0, 0.1) is 0 Å². The van der Waals surface area contributed by atoms with E-state index in [1.807, 2.05) is 24.3 Å². The smallest absolute Gasteiger partial charge is 0.337 e. The molecule has 20 heavy (non-hydrogen) atoms. The summed E-state index contributed by atoms with van der Waals surface area (Å²) in [5.41, 5.74) is 1.75. The van der Waals surface area contributed by atoms with Gasteiger partial charge in [-0.1, -0.05) is 39.0 Å². The Hall–Kier alpha value is -1.51. The Morgan fingerprint density at radius 1 is 1.05 bits per heavy atom. The fraction of sp³-hybridized carbons (Fsp3) is 0.588. The minimum Gasteiger partial charge on any atom is -0.465 e. The molecule has 0 aromatic heterocycles. The molecule has 0 aliphatic rings. The summed E-state index contributed by atoms with van der Waals surface area (Å²) in [6.45, 7) is 3.30. The van der Waals surface area contributed by atoms with Crippen LogP contribution in [0.15, 0.2) is 24.3 Å². The molecule has 0 aliphatic carbocycles. The lowest BCUT2D eigenvalue weighted by atomic mass is 10.1. The van der Waals surface area contributed by atoms with E-state index in [9.17, 15) is 4.79 Å². The fourth-order valence-electron chi connectivity index (χ4n) is 2.23. The van der Waals surface area contributed by atoms with Crippen LogP contribution in [0.1, 0.15) is 55.8 Å². The molecule has 0 saturated carbocycles. The Kier molecular flexibility index (Phi) is 7.78. The first-order valence-electron chi connectivity index (χ1n) is 7.58. The van der Waals surface area contributed by atoms with Crippen molar-refractivity contribution in [2.24, 2.45) is 0 Å². The molecule has 0 saturated heterocycles. The predicted octanol–water partition coefficient (Wildman–Crippen LogP) is 4.27. The van der Waals surface area contributed by atoms with Gasteiger partial charge in [0.2, 0.25) is 0 Å². The third-order valence-corrected chi connectivity index (χ3v) is 3.58. The van der Waals surface area contributed by atoms with Crippen molar-refractivity contribution in [3.8, 4) is 0 Å². The van der Waals surface area contributed by atoms with Crippen molar-refractivity contribution in [2.75, 3.05) is 25.6 Å². The maximum atomic E-state index is 11.4. The monoisotopic (exact) mass is 277 g/mol. The van der Waals surface area contributed by atoms with Crippen LogP contribution in [0.3, 0.4) is 0 Å². The van der Waals surface area contributed by atoms with Gasteiger partial charge in [0.05, 0.1) is 12.7 Å². The van der Waals surface area contributed by atoms with Gasteiger partial charge in [0.15, 0.2) is 0 Å². The van der Waals surface area contributed by atoms with Crippen molar-refractivity contribution in [3.05, 3.63) is 29.8 Å². The van der Waals surface area contributed by atoms with Crippen LogP contribution >= 0.6 is 0 Å². The van der Waals surface area contributed by atoms with Crippen LogP contribution in [-0.2, 0) is 4.74 Å². The highest BCUT2D eigenvalue weighted by Crippen LogP contribution is 2.15. The fourth-order valence-corrected chi connectivity index (χ4v) is 2.23. The topological polar surface area (TPSA) is 29.5 Å². The number of esters is 1. The maximum Gasteiger partial charge on any atom is 0.337 e. The van der Waals surface area contributed by atoms with Crippen molar-refractivity contribution >= 4 is 11.7 Å². The minimum atomic E-state index is -0.282. The summed E-state index contributed by atoms with van der Waals surface area (Å²) >= 11 is 0. The number of methoxy groups -OCH3 is 1. The van der Waals surface area contributed by atoms with E-state index >= 15 is 0 Å². The molecule has 0 spiro atoms. The summed E-state index contributed by atoms with van der Waals surface area (Å²) in [7, 11) is 3.50. The second-order valence-corrected chi connectivity index (χ2v) is 5.23. The predicted molar refractivity (Wildman–Crippen MR) is 84.4 cm³/mol. The molecule has 0 atom stereocenters. The number of hydrogen-bond donors (Lipinski definition) is 0. The molecule has 0 amide bonds. The second-order valence-electron chi connectivity index (χ2n) is 5.23. The van der Waals surface area contributed by atoms with E-state index in [4.69, 9.17) is 4.74 Å².